The van der Waals surface area contributed by atoms with E-state index in [0.717, 1.165) is 22.3 Å². The maximum Gasteiger partial charge on any atom is 0.146 e. The van der Waals surface area contributed by atoms with Crippen molar-refractivity contribution >= 4 is 21.6 Å². The van der Waals surface area contributed by atoms with Gasteiger partial charge in [-0.15, -0.1) is 0 Å². The molecule has 0 aliphatic heterocycles. The third-order valence-electron chi connectivity index (χ3n) is 3.19. The summed E-state index contributed by atoms with van der Waals surface area (Å²) in [5.74, 6) is 0.598. The molecule has 0 atom stereocenters. The minimum absolute atomic E-state index is 0.201. The number of halogens is 2. The van der Waals surface area contributed by atoms with Crippen molar-refractivity contribution in [1.29, 1.82) is 0 Å². The van der Waals surface area contributed by atoms with Gasteiger partial charge in [-0.3, -0.25) is 0 Å². The Bertz CT molecular complexity index is 588. The number of hydrogen-bond donors (Lipinski definition) is 0. The van der Waals surface area contributed by atoms with Gasteiger partial charge in [-0.2, -0.15) is 0 Å². The minimum Gasteiger partial charge on any atom is -0.497 e. The van der Waals surface area contributed by atoms with Crippen LogP contribution in [-0.2, 0) is 6.54 Å². The van der Waals surface area contributed by atoms with Crippen LogP contribution in [0.3, 0.4) is 0 Å². The fraction of sp³-hybridized carbons (Fsp3) is 0.250. The Balaban J connectivity index is 2.29. The van der Waals surface area contributed by atoms with Gasteiger partial charge in [-0.05, 0) is 42.8 Å². The van der Waals surface area contributed by atoms with Gasteiger partial charge in [0.1, 0.15) is 11.6 Å². The lowest BCUT2D eigenvalue weighted by Gasteiger charge is -2.24. The normalized spacial score (nSPS) is 10.4. The van der Waals surface area contributed by atoms with Crippen molar-refractivity contribution in [2.24, 2.45) is 0 Å². The van der Waals surface area contributed by atoms with Crippen molar-refractivity contribution in [3.05, 3.63) is 58.3 Å². The SMILES string of the molecule is CCN(Cc1cc(OC)ccc1Br)c1ccccc1F. The highest BCUT2D eigenvalue weighted by molar-refractivity contribution is 9.10. The molecule has 2 nitrogen and oxygen atoms in total. The molecule has 0 fully saturated rings. The van der Waals surface area contributed by atoms with Crippen LogP contribution >= 0.6 is 15.9 Å². The largest absolute Gasteiger partial charge is 0.497 e. The molecule has 2 aromatic carbocycles. The topological polar surface area (TPSA) is 12.5 Å². The second-order valence-electron chi connectivity index (χ2n) is 4.42. The van der Waals surface area contributed by atoms with E-state index in [1.54, 1.807) is 19.2 Å². The molecule has 0 aromatic heterocycles. The highest BCUT2D eigenvalue weighted by Crippen LogP contribution is 2.27. The molecule has 0 bridgehead atoms. The van der Waals surface area contributed by atoms with Crippen LogP contribution in [0.1, 0.15) is 12.5 Å². The number of nitrogens with zero attached hydrogens (tertiary/aromatic N) is 1. The summed E-state index contributed by atoms with van der Waals surface area (Å²) in [5, 5.41) is 0. The zero-order valence-electron chi connectivity index (χ0n) is 11.6. The van der Waals surface area contributed by atoms with Gasteiger partial charge in [0, 0.05) is 17.6 Å². The first kappa shape index (κ1) is 14.9. The summed E-state index contributed by atoms with van der Waals surface area (Å²) in [4.78, 5) is 1.99. The molecule has 0 amide bonds. The molecule has 0 radical (unpaired) electrons. The average molecular weight is 338 g/mol. The number of rotatable bonds is 5. The van der Waals surface area contributed by atoms with Crippen molar-refractivity contribution in [2.75, 3.05) is 18.6 Å². The van der Waals surface area contributed by atoms with Gasteiger partial charge in [0.05, 0.1) is 12.8 Å². The van der Waals surface area contributed by atoms with Gasteiger partial charge < -0.3 is 9.64 Å². The molecule has 2 aromatic rings. The Morgan fingerprint density at radius 2 is 1.95 bits per heavy atom. The fourth-order valence-corrected chi connectivity index (χ4v) is 2.45. The van der Waals surface area contributed by atoms with E-state index in [4.69, 9.17) is 4.74 Å². The molecular weight excluding hydrogens is 321 g/mol. The molecule has 0 aliphatic carbocycles. The van der Waals surface area contributed by atoms with E-state index in [0.29, 0.717) is 12.2 Å². The lowest BCUT2D eigenvalue weighted by Crippen LogP contribution is -2.23. The summed E-state index contributed by atoms with van der Waals surface area (Å²) >= 11 is 3.53. The van der Waals surface area contributed by atoms with Crippen molar-refractivity contribution in [3.63, 3.8) is 0 Å². The van der Waals surface area contributed by atoms with Crippen molar-refractivity contribution < 1.29 is 9.13 Å². The number of methoxy groups -OCH3 is 1. The number of ether oxygens (including phenoxy) is 1. The molecule has 0 N–H and O–H groups in total. The van der Waals surface area contributed by atoms with E-state index in [1.165, 1.54) is 6.07 Å². The van der Waals surface area contributed by atoms with Gasteiger partial charge in [0.25, 0.3) is 0 Å². The third kappa shape index (κ3) is 3.31. The van der Waals surface area contributed by atoms with Crippen LogP contribution in [0.2, 0.25) is 0 Å². The Morgan fingerprint density at radius 1 is 1.20 bits per heavy atom. The molecule has 0 aliphatic rings. The van der Waals surface area contributed by atoms with Crippen molar-refractivity contribution in [2.45, 2.75) is 13.5 Å². The molecule has 4 heteroatoms. The fourth-order valence-electron chi connectivity index (χ4n) is 2.08. The number of benzene rings is 2. The predicted octanol–water partition coefficient (Wildman–Crippen LogP) is 4.62. The van der Waals surface area contributed by atoms with Crippen LogP contribution in [0, 0.1) is 5.82 Å². The molecule has 0 unspecified atom stereocenters. The maximum absolute atomic E-state index is 13.9. The standard InChI is InChI=1S/C16H17BrFNO/c1-3-19(16-7-5-4-6-15(16)18)11-12-10-13(20-2)8-9-14(12)17/h4-10H,3,11H2,1-2H3. The van der Waals surface area contributed by atoms with E-state index in [9.17, 15) is 4.39 Å². The van der Waals surface area contributed by atoms with Crippen LogP contribution in [0.15, 0.2) is 46.9 Å². The molecule has 0 heterocycles. The zero-order valence-corrected chi connectivity index (χ0v) is 13.2. The first-order chi connectivity index (χ1) is 9.65. The smallest absolute Gasteiger partial charge is 0.146 e. The molecule has 20 heavy (non-hydrogen) atoms. The molecular formula is C16H17BrFNO. The highest BCUT2D eigenvalue weighted by Gasteiger charge is 2.12. The summed E-state index contributed by atoms with van der Waals surface area (Å²) in [6.07, 6.45) is 0. The maximum atomic E-state index is 13.9. The first-order valence-electron chi connectivity index (χ1n) is 6.47. The predicted molar refractivity (Wildman–Crippen MR) is 83.8 cm³/mol. The average Bonchev–Trinajstić information content (AvgIpc) is 2.47. The van der Waals surface area contributed by atoms with Crippen LogP contribution in [0.4, 0.5) is 10.1 Å². The van der Waals surface area contributed by atoms with E-state index in [-0.39, 0.29) is 5.82 Å². The summed E-state index contributed by atoms with van der Waals surface area (Å²) in [6.45, 7) is 3.36. The second kappa shape index (κ2) is 6.75. The minimum atomic E-state index is -0.201. The molecule has 0 saturated carbocycles. The summed E-state index contributed by atoms with van der Waals surface area (Å²) in [6, 6.07) is 12.6. The molecule has 106 valence electrons. The van der Waals surface area contributed by atoms with E-state index < -0.39 is 0 Å². The molecule has 0 saturated heterocycles. The first-order valence-corrected chi connectivity index (χ1v) is 7.27. The Hall–Kier alpha value is -1.55. The van der Waals surface area contributed by atoms with Gasteiger partial charge in [0.15, 0.2) is 0 Å². The lowest BCUT2D eigenvalue weighted by atomic mass is 10.2. The van der Waals surface area contributed by atoms with E-state index >= 15 is 0 Å². The van der Waals surface area contributed by atoms with Crippen LogP contribution in [0.25, 0.3) is 0 Å². The number of anilines is 1. The molecule has 2 rings (SSSR count). The van der Waals surface area contributed by atoms with Crippen LogP contribution < -0.4 is 9.64 Å². The highest BCUT2D eigenvalue weighted by atomic mass is 79.9. The summed E-state index contributed by atoms with van der Waals surface area (Å²) in [5.41, 5.74) is 1.68. The van der Waals surface area contributed by atoms with E-state index in [2.05, 4.69) is 15.9 Å². The van der Waals surface area contributed by atoms with Crippen LogP contribution in [0.5, 0.6) is 5.75 Å². The van der Waals surface area contributed by atoms with Crippen molar-refractivity contribution in [1.82, 2.24) is 0 Å². The molecule has 0 spiro atoms. The van der Waals surface area contributed by atoms with E-state index in [1.807, 2.05) is 36.1 Å². The van der Waals surface area contributed by atoms with Gasteiger partial charge in [-0.1, -0.05) is 28.1 Å². The van der Waals surface area contributed by atoms with Gasteiger partial charge in [0.2, 0.25) is 0 Å². The van der Waals surface area contributed by atoms with Gasteiger partial charge in [-0.25, -0.2) is 4.39 Å². The lowest BCUT2D eigenvalue weighted by molar-refractivity contribution is 0.414. The van der Waals surface area contributed by atoms with Crippen LogP contribution in [-0.4, -0.2) is 13.7 Å². The van der Waals surface area contributed by atoms with Crippen molar-refractivity contribution in [3.8, 4) is 5.75 Å². The number of para-hydroxylation sites is 1. The number of hydrogen-bond acceptors (Lipinski definition) is 2. The zero-order chi connectivity index (χ0) is 14.5. The summed E-state index contributed by atoms with van der Waals surface area (Å²) < 4.78 is 20.1. The quantitative estimate of drug-likeness (QED) is 0.789. The second-order valence-corrected chi connectivity index (χ2v) is 5.28. The Kier molecular flexibility index (Phi) is 5.01. The summed E-state index contributed by atoms with van der Waals surface area (Å²) in [7, 11) is 1.64. The Morgan fingerprint density at radius 3 is 2.60 bits per heavy atom. The Labute approximate surface area is 127 Å². The van der Waals surface area contributed by atoms with Gasteiger partial charge >= 0.3 is 0 Å². The third-order valence-corrected chi connectivity index (χ3v) is 3.96. The monoisotopic (exact) mass is 337 g/mol.